The summed E-state index contributed by atoms with van der Waals surface area (Å²) >= 11 is 0. The fraction of sp³-hybridized carbons (Fsp3) is 0.333. The van der Waals surface area contributed by atoms with Crippen molar-refractivity contribution in [2.75, 3.05) is 13.3 Å². The topological polar surface area (TPSA) is 67.9 Å². The Labute approximate surface area is 158 Å². The maximum absolute atomic E-state index is 12.6. The SMILES string of the molecule is O=C(NCCc1ccccc1)C1CCC(=O)N1Cc1ccc2c(c1)OCO2. The Balaban J connectivity index is 1.36. The van der Waals surface area contributed by atoms with Gasteiger partial charge >= 0.3 is 0 Å². The first kappa shape index (κ1) is 17.4. The van der Waals surface area contributed by atoms with Crippen LogP contribution in [0.3, 0.4) is 0 Å². The summed E-state index contributed by atoms with van der Waals surface area (Å²) in [7, 11) is 0. The minimum absolute atomic E-state index is 0.0101. The molecule has 1 unspecified atom stereocenters. The maximum atomic E-state index is 12.6. The van der Waals surface area contributed by atoms with Gasteiger partial charge in [-0.2, -0.15) is 0 Å². The van der Waals surface area contributed by atoms with Crippen LogP contribution in [0.5, 0.6) is 11.5 Å². The molecule has 1 fully saturated rings. The summed E-state index contributed by atoms with van der Waals surface area (Å²) < 4.78 is 10.7. The lowest BCUT2D eigenvalue weighted by atomic mass is 10.1. The van der Waals surface area contributed by atoms with Gasteiger partial charge in [-0.25, -0.2) is 0 Å². The number of rotatable bonds is 6. The molecular weight excluding hydrogens is 344 g/mol. The Morgan fingerprint density at radius 2 is 1.89 bits per heavy atom. The Morgan fingerprint density at radius 3 is 2.74 bits per heavy atom. The summed E-state index contributed by atoms with van der Waals surface area (Å²) in [6, 6.07) is 15.2. The van der Waals surface area contributed by atoms with Gasteiger partial charge in [0.2, 0.25) is 18.6 Å². The van der Waals surface area contributed by atoms with Gasteiger partial charge in [-0.3, -0.25) is 9.59 Å². The molecule has 2 heterocycles. The van der Waals surface area contributed by atoms with Crippen molar-refractivity contribution in [2.45, 2.75) is 31.8 Å². The second-order valence-electron chi connectivity index (χ2n) is 6.79. The van der Waals surface area contributed by atoms with Crippen molar-refractivity contribution in [3.8, 4) is 11.5 Å². The minimum atomic E-state index is -0.418. The fourth-order valence-corrected chi connectivity index (χ4v) is 3.53. The molecule has 140 valence electrons. The van der Waals surface area contributed by atoms with E-state index in [1.54, 1.807) is 4.90 Å². The molecule has 27 heavy (non-hydrogen) atoms. The molecule has 2 aliphatic heterocycles. The maximum Gasteiger partial charge on any atom is 0.242 e. The van der Waals surface area contributed by atoms with Gasteiger partial charge in [-0.1, -0.05) is 36.4 Å². The lowest BCUT2D eigenvalue weighted by molar-refractivity contribution is -0.135. The van der Waals surface area contributed by atoms with E-state index in [4.69, 9.17) is 9.47 Å². The summed E-state index contributed by atoms with van der Waals surface area (Å²) in [4.78, 5) is 26.6. The average molecular weight is 366 g/mol. The van der Waals surface area contributed by atoms with Crippen molar-refractivity contribution >= 4 is 11.8 Å². The highest BCUT2D eigenvalue weighted by Crippen LogP contribution is 2.33. The zero-order chi connectivity index (χ0) is 18.6. The van der Waals surface area contributed by atoms with Crippen LogP contribution in [0.25, 0.3) is 0 Å². The molecule has 6 heteroatoms. The summed E-state index contributed by atoms with van der Waals surface area (Å²) in [5.74, 6) is 1.32. The van der Waals surface area contributed by atoms with Gasteiger partial charge in [0.15, 0.2) is 11.5 Å². The van der Waals surface area contributed by atoms with E-state index >= 15 is 0 Å². The van der Waals surface area contributed by atoms with Crippen LogP contribution < -0.4 is 14.8 Å². The molecular formula is C21H22N2O4. The molecule has 1 saturated heterocycles. The number of carbonyl (C=O) groups is 2. The van der Waals surface area contributed by atoms with Crippen LogP contribution in [0.4, 0.5) is 0 Å². The molecule has 0 radical (unpaired) electrons. The molecule has 0 aliphatic carbocycles. The first-order valence-corrected chi connectivity index (χ1v) is 9.20. The number of hydrogen-bond donors (Lipinski definition) is 1. The highest BCUT2D eigenvalue weighted by Gasteiger charge is 2.35. The van der Waals surface area contributed by atoms with Gasteiger partial charge in [0, 0.05) is 19.5 Å². The normalized spacial score (nSPS) is 18.0. The van der Waals surface area contributed by atoms with Gasteiger partial charge in [-0.15, -0.1) is 0 Å². The van der Waals surface area contributed by atoms with Gasteiger partial charge in [0.1, 0.15) is 6.04 Å². The van der Waals surface area contributed by atoms with Crippen molar-refractivity contribution in [3.63, 3.8) is 0 Å². The lowest BCUT2D eigenvalue weighted by Gasteiger charge is -2.24. The molecule has 0 saturated carbocycles. The molecule has 6 nitrogen and oxygen atoms in total. The van der Waals surface area contributed by atoms with Crippen molar-refractivity contribution in [1.29, 1.82) is 0 Å². The third kappa shape index (κ3) is 3.89. The van der Waals surface area contributed by atoms with Crippen LogP contribution in [-0.4, -0.2) is 36.1 Å². The van der Waals surface area contributed by atoms with Crippen LogP contribution in [-0.2, 0) is 22.6 Å². The van der Waals surface area contributed by atoms with E-state index < -0.39 is 6.04 Å². The molecule has 1 atom stereocenters. The first-order valence-electron chi connectivity index (χ1n) is 9.20. The number of amides is 2. The predicted octanol–water partition coefficient (Wildman–Crippen LogP) is 2.27. The number of fused-ring (bicyclic) bond motifs is 1. The first-order chi connectivity index (χ1) is 13.2. The molecule has 2 aromatic rings. The molecule has 1 N–H and O–H groups in total. The Morgan fingerprint density at radius 1 is 1.07 bits per heavy atom. The van der Waals surface area contributed by atoms with Crippen LogP contribution in [0, 0.1) is 0 Å². The summed E-state index contributed by atoms with van der Waals surface area (Å²) in [6.45, 7) is 1.17. The molecule has 2 aliphatic rings. The van der Waals surface area contributed by atoms with E-state index in [-0.39, 0.29) is 18.6 Å². The van der Waals surface area contributed by atoms with Crippen molar-refractivity contribution in [2.24, 2.45) is 0 Å². The Hall–Kier alpha value is -3.02. The standard InChI is InChI=1S/C21H22N2O4/c24-20-9-7-17(21(25)22-11-10-15-4-2-1-3-5-15)23(20)13-16-6-8-18-19(12-16)27-14-26-18/h1-6,8,12,17H,7,9-11,13-14H2,(H,22,25). The number of hydrogen-bond acceptors (Lipinski definition) is 4. The number of ether oxygens (including phenoxy) is 2. The van der Waals surface area contributed by atoms with E-state index in [9.17, 15) is 9.59 Å². The van der Waals surface area contributed by atoms with Crippen LogP contribution in [0.2, 0.25) is 0 Å². The van der Waals surface area contributed by atoms with Crippen LogP contribution in [0.15, 0.2) is 48.5 Å². The number of carbonyl (C=O) groups excluding carboxylic acids is 2. The van der Waals surface area contributed by atoms with Gasteiger partial charge in [0.25, 0.3) is 0 Å². The Kier molecular flexibility index (Phi) is 4.96. The van der Waals surface area contributed by atoms with Crippen molar-refractivity contribution < 1.29 is 19.1 Å². The minimum Gasteiger partial charge on any atom is -0.454 e. The zero-order valence-corrected chi connectivity index (χ0v) is 15.0. The van der Waals surface area contributed by atoms with Crippen molar-refractivity contribution in [1.82, 2.24) is 10.2 Å². The molecule has 0 spiro atoms. The number of likely N-dealkylation sites (tertiary alicyclic amines) is 1. The quantitative estimate of drug-likeness (QED) is 0.852. The average Bonchev–Trinajstić information content (AvgIpc) is 3.29. The predicted molar refractivity (Wildman–Crippen MR) is 99.3 cm³/mol. The molecule has 2 aromatic carbocycles. The molecule has 4 rings (SSSR count). The highest BCUT2D eigenvalue weighted by atomic mass is 16.7. The van der Waals surface area contributed by atoms with Gasteiger partial charge < -0.3 is 19.7 Å². The van der Waals surface area contributed by atoms with E-state index in [1.165, 1.54) is 5.56 Å². The summed E-state index contributed by atoms with van der Waals surface area (Å²) in [5.41, 5.74) is 2.11. The Bertz CT molecular complexity index is 837. The van der Waals surface area contributed by atoms with E-state index in [0.29, 0.717) is 37.4 Å². The zero-order valence-electron chi connectivity index (χ0n) is 15.0. The van der Waals surface area contributed by atoms with E-state index in [2.05, 4.69) is 5.32 Å². The number of nitrogens with zero attached hydrogens (tertiary/aromatic N) is 1. The van der Waals surface area contributed by atoms with E-state index in [1.807, 2.05) is 48.5 Å². The van der Waals surface area contributed by atoms with Crippen LogP contribution in [0.1, 0.15) is 24.0 Å². The molecule has 2 amide bonds. The van der Waals surface area contributed by atoms with Crippen molar-refractivity contribution in [3.05, 3.63) is 59.7 Å². The third-order valence-corrected chi connectivity index (χ3v) is 4.98. The lowest BCUT2D eigenvalue weighted by Crippen LogP contribution is -2.44. The summed E-state index contributed by atoms with van der Waals surface area (Å²) in [5, 5.41) is 2.97. The van der Waals surface area contributed by atoms with E-state index in [0.717, 1.165) is 12.0 Å². The molecule has 0 aromatic heterocycles. The van der Waals surface area contributed by atoms with Gasteiger partial charge in [0.05, 0.1) is 0 Å². The van der Waals surface area contributed by atoms with Gasteiger partial charge in [-0.05, 0) is 36.1 Å². The second-order valence-corrected chi connectivity index (χ2v) is 6.79. The number of benzene rings is 2. The second kappa shape index (κ2) is 7.70. The monoisotopic (exact) mass is 366 g/mol. The number of nitrogens with one attached hydrogen (secondary N) is 1. The van der Waals surface area contributed by atoms with Crippen LogP contribution >= 0.6 is 0 Å². The summed E-state index contributed by atoms with van der Waals surface area (Å²) in [6.07, 6.45) is 1.73. The largest absolute Gasteiger partial charge is 0.454 e. The highest BCUT2D eigenvalue weighted by molar-refractivity contribution is 5.90. The third-order valence-electron chi connectivity index (χ3n) is 4.98. The molecule has 0 bridgehead atoms. The smallest absolute Gasteiger partial charge is 0.242 e. The fourth-order valence-electron chi connectivity index (χ4n) is 3.53.